The quantitative estimate of drug-likeness (QED) is 0.505. The van der Waals surface area contributed by atoms with Crippen LogP contribution >= 0.6 is 11.3 Å². The predicted molar refractivity (Wildman–Crippen MR) is 113 cm³/mol. The van der Waals surface area contributed by atoms with E-state index in [9.17, 15) is 4.79 Å². The number of rotatable bonds is 5. The number of carbonyl (C=O) groups excluding carboxylic acids is 1. The lowest BCUT2D eigenvalue weighted by molar-refractivity contribution is 0.0736. The maximum atomic E-state index is 13.1. The molecule has 1 aromatic carbocycles. The van der Waals surface area contributed by atoms with Gasteiger partial charge in [0.1, 0.15) is 5.69 Å². The molecule has 0 saturated carbocycles. The lowest BCUT2D eigenvalue weighted by Gasteiger charge is -2.24. The molecule has 3 heterocycles. The molecular weight excluding hydrogens is 368 g/mol. The summed E-state index contributed by atoms with van der Waals surface area (Å²) in [5, 5.41) is 1.88. The Labute approximate surface area is 168 Å². The van der Waals surface area contributed by atoms with Crippen molar-refractivity contribution in [2.45, 2.75) is 26.3 Å². The van der Waals surface area contributed by atoms with Crippen molar-refractivity contribution in [2.75, 3.05) is 7.05 Å². The molecule has 142 valence electrons. The van der Waals surface area contributed by atoms with Crippen LogP contribution in [0.2, 0.25) is 0 Å². The summed E-state index contributed by atoms with van der Waals surface area (Å²) >= 11 is 1.48. The minimum atomic E-state index is -0.0107. The van der Waals surface area contributed by atoms with Gasteiger partial charge in [0.2, 0.25) is 0 Å². The van der Waals surface area contributed by atoms with Crippen molar-refractivity contribution in [1.29, 1.82) is 0 Å². The van der Waals surface area contributed by atoms with Crippen molar-refractivity contribution in [3.8, 4) is 11.3 Å². The first-order valence-corrected chi connectivity index (χ1v) is 10.1. The van der Waals surface area contributed by atoms with E-state index in [4.69, 9.17) is 0 Å². The fourth-order valence-electron chi connectivity index (χ4n) is 3.22. The van der Waals surface area contributed by atoms with E-state index in [1.54, 1.807) is 4.90 Å². The largest absolute Gasteiger partial charge is 0.337 e. The number of amides is 1. The summed E-state index contributed by atoms with van der Waals surface area (Å²) in [6, 6.07) is 14.1. The van der Waals surface area contributed by atoms with E-state index < -0.39 is 0 Å². The molecule has 6 heteroatoms. The Morgan fingerprint density at radius 1 is 1.25 bits per heavy atom. The van der Waals surface area contributed by atoms with Gasteiger partial charge in [-0.1, -0.05) is 30.3 Å². The van der Waals surface area contributed by atoms with Gasteiger partial charge in [-0.3, -0.25) is 14.2 Å². The van der Waals surface area contributed by atoms with Crippen LogP contribution in [-0.2, 0) is 6.42 Å². The molecule has 0 saturated heterocycles. The van der Waals surface area contributed by atoms with Crippen LogP contribution in [0.3, 0.4) is 0 Å². The molecule has 1 atom stereocenters. The molecule has 0 aliphatic carbocycles. The minimum absolute atomic E-state index is 0.0107. The number of nitrogens with zero attached hydrogens (tertiary/aromatic N) is 4. The van der Waals surface area contributed by atoms with Gasteiger partial charge in [-0.25, -0.2) is 4.98 Å². The van der Waals surface area contributed by atoms with Gasteiger partial charge < -0.3 is 4.90 Å². The van der Waals surface area contributed by atoms with Gasteiger partial charge in [-0.05, 0) is 31.5 Å². The molecule has 4 aromatic rings. The fraction of sp³-hybridized carbons (Fsp3) is 0.227. The highest BCUT2D eigenvalue weighted by atomic mass is 32.1. The molecule has 0 radical (unpaired) electrons. The highest BCUT2D eigenvalue weighted by molar-refractivity contribution is 7.15. The van der Waals surface area contributed by atoms with E-state index in [0.717, 1.165) is 28.3 Å². The Kier molecular flexibility index (Phi) is 4.96. The van der Waals surface area contributed by atoms with Crippen LogP contribution in [0.25, 0.3) is 16.2 Å². The van der Waals surface area contributed by atoms with Crippen molar-refractivity contribution in [2.24, 2.45) is 0 Å². The second kappa shape index (κ2) is 7.56. The molecule has 0 bridgehead atoms. The van der Waals surface area contributed by atoms with Crippen LogP contribution in [-0.4, -0.2) is 38.3 Å². The zero-order chi connectivity index (χ0) is 19.7. The number of hydrogen-bond acceptors (Lipinski definition) is 4. The van der Waals surface area contributed by atoms with Gasteiger partial charge in [0, 0.05) is 48.5 Å². The number of carbonyl (C=O) groups is 1. The molecule has 0 aliphatic heterocycles. The summed E-state index contributed by atoms with van der Waals surface area (Å²) < 4.78 is 1.89. The van der Waals surface area contributed by atoms with Gasteiger partial charge in [0.15, 0.2) is 4.96 Å². The second-order valence-electron chi connectivity index (χ2n) is 7.06. The highest BCUT2D eigenvalue weighted by Gasteiger charge is 2.22. The number of pyridine rings is 1. The first-order chi connectivity index (χ1) is 13.5. The zero-order valence-corrected chi connectivity index (χ0v) is 17.0. The SMILES string of the molecule is Cc1ccnc(CC(C)N(C)C(=O)c2csc3nc(-c4ccccc4)cn23)c1. The van der Waals surface area contributed by atoms with Crippen molar-refractivity contribution < 1.29 is 4.79 Å². The summed E-state index contributed by atoms with van der Waals surface area (Å²) in [5.74, 6) is -0.0107. The molecule has 28 heavy (non-hydrogen) atoms. The third-order valence-corrected chi connectivity index (χ3v) is 5.80. The highest BCUT2D eigenvalue weighted by Crippen LogP contribution is 2.24. The monoisotopic (exact) mass is 390 g/mol. The van der Waals surface area contributed by atoms with Gasteiger partial charge in [0.05, 0.1) is 5.69 Å². The van der Waals surface area contributed by atoms with Crippen LogP contribution in [0.15, 0.2) is 60.2 Å². The Hall–Kier alpha value is -2.99. The molecule has 3 aromatic heterocycles. The number of aryl methyl sites for hydroxylation is 1. The first kappa shape index (κ1) is 18.4. The third-order valence-electron chi connectivity index (χ3n) is 4.96. The van der Waals surface area contributed by atoms with E-state index in [1.165, 1.54) is 16.9 Å². The minimum Gasteiger partial charge on any atom is -0.337 e. The molecular formula is C22H22N4OS. The Bertz CT molecular complexity index is 1120. The number of fused-ring (bicyclic) bond motifs is 1. The molecule has 4 rings (SSSR count). The van der Waals surface area contributed by atoms with Crippen LogP contribution in [0.4, 0.5) is 0 Å². The number of benzene rings is 1. The first-order valence-electron chi connectivity index (χ1n) is 9.23. The molecule has 0 fully saturated rings. The summed E-state index contributed by atoms with van der Waals surface area (Å²) in [6.45, 7) is 4.10. The maximum absolute atomic E-state index is 13.1. The summed E-state index contributed by atoms with van der Waals surface area (Å²) in [4.78, 5) is 24.8. The zero-order valence-electron chi connectivity index (χ0n) is 16.2. The topological polar surface area (TPSA) is 50.5 Å². The van der Waals surface area contributed by atoms with Crippen molar-refractivity contribution >= 4 is 22.2 Å². The smallest absolute Gasteiger partial charge is 0.271 e. The molecule has 0 aliphatic rings. The van der Waals surface area contributed by atoms with Gasteiger partial charge in [-0.15, -0.1) is 11.3 Å². The Balaban J connectivity index is 1.57. The van der Waals surface area contributed by atoms with Gasteiger partial charge >= 0.3 is 0 Å². The van der Waals surface area contributed by atoms with Gasteiger partial charge in [-0.2, -0.15) is 0 Å². The fourth-order valence-corrected chi connectivity index (χ4v) is 4.06. The molecule has 1 amide bonds. The molecule has 0 N–H and O–H groups in total. The summed E-state index contributed by atoms with van der Waals surface area (Å²) in [5.41, 5.74) is 4.74. The molecule has 1 unspecified atom stereocenters. The van der Waals surface area contributed by atoms with E-state index in [1.807, 2.05) is 65.6 Å². The van der Waals surface area contributed by atoms with Crippen LogP contribution < -0.4 is 0 Å². The number of likely N-dealkylation sites (N-methyl/N-ethyl adjacent to an activating group) is 1. The Morgan fingerprint density at radius 2 is 2.04 bits per heavy atom. The number of hydrogen-bond donors (Lipinski definition) is 0. The number of thiazole rings is 1. The molecule has 5 nitrogen and oxygen atoms in total. The average Bonchev–Trinajstić information content (AvgIpc) is 3.28. The lowest BCUT2D eigenvalue weighted by Crippen LogP contribution is -2.37. The van der Waals surface area contributed by atoms with Gasteiger partial charge in [0.25, 0.3) is 5.91 Å². The second-order valence-corrected chi connectivity index (χ2v) is 7.90. The third kappa shape index (κ3) is 3.55. The maximum Gasteiger partial charge on any atom is 0.271 e. The van der Waals surface area contributed by atoms with Crippen molar-refractivity contribution in [3.63, 3.8) is 0 Å². The van der Waals surface area contributed by atoms with Crippen LogP contribution in [0, 0.1) is 6.92 Å². The van der Waals surface area contributed by atoms with Crippen molar-refractivity contribution in [3.05, 3.63) is 77.2 Å². The Morgan fingerprint density at radius 3 is 2.79 bits per heavy atom. The number of imidazole rings is 1. The summed E-state index contributed by atoms with van der Waals surface area (Å²) in [6.07, 6.45) is 4.48. The van der Waals surface area contributed by atoms with Crippen molar-refractivity contribution in [1.82, 2.24) is 19.3 Å². The van der Waals surface area contributed by atoms with E-state index >= 15 is 0 Å². The predicted octanol–water partition coefficient (Wildman–Crippen LogP) is 4.47. The van der Waals surface area contributed by atoms with Crippen LogP contribution in [0.1, 0.15) is 28.7 Å². The average molecular weight is 391 g/mol. The standard InChI is InChI=1S/C22H22N4OS/c1-15-9-10-23-18(11-15)12-16(2)25(3)21(27)20-14-28-22-24-19(13-26(20)22)17-7-5-4-6-8-17/h4-11,13-14,16H,12H2,1-3H3. The van der Waals surface area contributed by atoms with E-state index in [0.29, 0.717) is 5.69 Å². The van der Waals surface area contributed by atoms with E-state index in [2.05, 4.69) is 29.9 Å². The lowest BCUT2D eigenvalue weighted by atomic mass is 10.1. The number of aromatic nitrogens is 3. The van der Waals surface area contributed by atoms with E-state index in [-0.39, 0.29) is 11.9 Å². The molecule has 0 spiro atoms. The van der Waals surface area contributed by atoms with Crippen LogP contribution in [0.5, 0.6) is 0 Å². The normalized spacial score (nSPS) is 12.2. The summed E-state index contributed by atoms with van der Waals surface area (Å²) in [7, 11) is 1.85.